The van der Waals surface area contributed by atoms with Crippen LogP contribution >= 0.6 is 11.8 Å². The molecule has 1 aromatic rings. The highest BCUT2D eigenvalue weighted by atomic mass is 32.2. The molecular weight excluding hydrogens is 272 g/mol. The SMILES string of the molecule is Cc1ccc(CC2SC(N3CCOCC3)=NC2=O)cc1. The van der Waals surface area contributed by atoms with Gasteiger partial charge >= 0.3 is 0 Å². The number of nitrogens with zero attached hydrogens (tertiary/aromatic N) is 2. The minimum atomic E-state index is -0.0736. The maximum absolute atomic E-state index is 12.0. The Morgan fingerprint density at radius 2 is 2.00 bits per heavy atom. The molecule has 2 aliphatic heterocycles. The van der Waals surface area contributed by atoms with Crippen molar-refractivity contribution in [1.82, 2.24) is 4.90 Å². The number of carbonyl (C=O) groups excluding carboxylic acids is 1. The van der Waals surface area contributed by atoms with Crippen LogP contribution in [0.25, 0.3) is 0 Å². The summed E-state index contributed by atoms with van der Waals surface area (Å²) in [7, 11) is 0. The summed E-state index contributed by atoms with van der Waals surface area (Å²) < 4.78 is 5.33. The quantitative estimate of drug-likeness (QED) is 0.834. The van der Waals surface area contributed by atoms with Crippen molar-refractivity contribution in [2.45, 2.75) is 18.6 Å². The van der Waals surface area contributed by atoms with Crippen molar-refractivity contribution in [2.24, 2.45) is 4.99 Å². The van der Waals surface area contributed by atoms with Gasteiger partial charge in [-0.2, -0.15) is 4.99 Å². The third kappa shape index (κ3) is 3.04. The topological polar surface area (TPSA) is 41.9 Å². The number of thioether (sulfide) groups is 1. The van der Waals surface area contributed by atoms with Crippen molar-refractivity contribution in [1.29, 1.82) is 0 Å². The van der Waals surface area contributed by atoms with E-state index in [0.29, 0.717) is 0 Å². The molecule has 1 unspecified atom stereocenters. The van der Waals surface area contributed by atoms with Crippen LogP contribution in [-0.2, 0) is 16.0 Å². The third-order valence-electron chi connectivity index (χ3n) is 3.55. The second-order valence-corrected chi connectivity index (χ2v) is 6.30. The maximum atomic E-state index is 12.0. The Balaban J connectivity index is 1.63. The zero-order valence-corrected chi connectivity index (χ0v) is 12.4. The molecule has 0 spiro atoms. The van der Waals surface area contributed by atoms with E-state index in [1.54, 1.807) is 11.8 Å². The van der Waals surface area contributed by atoms with Crippen LogP contribution in [0.5, 0.6) is 0 Å². The number of ether oxygens (including phenoxy) is 1. The number of carbonyl (C=O) groups is 1. The lowest BCUT2D eigenvalue weighted by Gasteiger charge is -2.27. The average molecular weight is 290 g/mol. The Morgan fingerprint density at radius 3 is 2.70 bits per heavy atom. The molecule has 1 amide bonds. The van der Waals surface area contributed by atoms with Gasteiger partial charge in [-0.15, -0.1) is 0 Å². The zero-order chi connectivity index (χ0) is 13.9. The van der Waals surface area contributed by atoms with Crippen LogP contribution in [0.1, 0.15) is 11.1 Å². The minimum absolute atomic E-state index is 0.00272. The standard InChI is InChI=1S/C15H18N2O2S/c1-11-2-4-12(5-3-11)10-13-14(18)16-15(20-13)17-6-8-19-9-7-17/h2-5,13H,6-10H2,1H3. The Bertz CT molecular complexity index is 521. The highest BCUT2D eigenvalue weighted by molar-refractivity contribution is 8.15. The summed E-state index contributed by atoms with van der Waals surface area (Å²) in [6.45, 7) is 5.17. The Morgan fingerprint density at radius 1 is 1.30 bits per heavy atom. The van der Waals surface area contributed by atoms with Crippen LogP contribution < -0.4 is 0 Å². The summed E-state index contributed by atoms with van der Waals surface area (Å²) in [5, 5.41) is 0.797. The van der Waals surface area contributed by atoms with E-state index in [9.17, 15) is 4.79 Å². The first kappa shape index (κ1) is 13.6. The molecule has 106 valence electrons. The van der Waals surface area contributed by atoms with E-state index < -0.39 is 0 Å². The van der Waals surface area contributed by atoms with Crippen LogP contribution in [0.2, 0.25) is 0 Å². The molecule has 1 saturated heterocycles. The summed E-state index contributed by atoms with van der Waals surface area (Å²) >= 11 is 1.60. The molecule has 0 aliphatic carbocycles. The van der Waals surface area contributed by atoms with E-state index in [-0.39, 0.29) is 11.2 Å². The molecule has 0 bridgehead atoms. The molecule has 20 heavy (non-hydrogen) atoms. The second kappa shape index (κ2) is 5.97. The lowest BCUT2D eigenvalue weighted by atomic mass is 10.1. The van der Waals surface area contributed by atoms with Crippen molar-refractivity contribution in [3.63, 3.8) is 0 Å². The van der Waals surface area contributed by atoms with E-state index in [1.807, 2.05) is 0 Å². The summed E-state index contributed by atoms with van der Waals surface area (Å²) in [6, 6.07) is 8.36. The van der Waals surface area contributed by atoms with Crippen molar-refractivity contribution in [2.75, 3.05) is 26.3 Å². The first-order valence-corrected chi connectivity index (χ1v) is 7.78. The lowest BCUT2D eigenvalue weighted by molar-refractivity contribution is -0.117. The first-order chi connectivity index (χ1) is 9.72. The van der Waals surface area contributed by atoms with Crippen molar-refractivity contribution in [3.8, 4) is 0 Å². The molecule has 1 fully saturated rings. The number of benzene rings is 1. The van der Waals surface area contributed by atoms with E-state index in [2.05, 4.69) is 41.1 Å². The van der Waals surface area contributed by atoms with Crippen LogP contribution in [0.3, 0.4) is 0 Å². The number of aryl methyl sites for hydroxylation is 1. The molecular formula is C15H18N2O2S. The van der Waals surface area contributed by atoms with Gasteiger partial charge in [-0.25, -0.2) is 0 Å². The molecule has 1 atom stereocenters. The van der Waals surface area contributed by atoms with Crippen LogP contribution in [0.15, 0.2) is 29.3 Å². The number of hydrogen-bond acceptors (Lipinski definition) is 4. The number of morpholine rings is 1. The van der Waals surface area contributed by atoms with E-state index in [0.717, 1.165) is 37.9 Å². The predicted octanol–water partition coefficient (Wildman–Crippen LogP) is 1.87. The fourth-order valence-electron chi connectivity index (χ4n) is 2.34. The predicted molar refractivity (Wildman–Crippen MR) is 81.1 cm³/mol. The molecule has 2 heterocycles. The van der Waals surface area contributed by atoms with Gasteiger partial charge in [0.25, 0.3) is 5.91 Å². The summed E-state index contributed by atoms with van der Waals surface area (Å²) in [4.78, 5) is 18.4. The van der Waals surface area contributed by atoms with Gasteiger partial charge in [-0.3, -0.25) is 4.79 Å². The number of amidine groups is 1. The third-order valence-corrected chi connectivity index (χ3v) is 4.77. The fraction of sp³-hybridized carbons (Fsp3) is 0.467. The summed E-state index contributed by atoms with van der Waals surface area (Å²) in [6.07, 6.45) is 0.751. The van der Waals surface area contributed by atoms with Gasteiger partial charge < -0.3 is 9.64 Å². The zero-order valence-electron chi connectivity index (χ0n) is 11.5. The van der Waals surface area contributed by atoms with Gasteiger partial charge in [-0.05, 0) is 18.9 Å². The summed E-state index contributed by atoms with van der Waals surface area (Å²) in [5.74, 6) is -0.00272. The van der Waals surface area contributed by atoms with E-state index in [1.165, 1.54) is 11.1 Å². The largest absolute Gasteiger partial charge is 0.378 e. The fourth-order valence-corrected chi connectivity index (χ4v) is 3.50. The molecule has 1 aromatic carbocycles. The van der Waals surface area contributed by atoms with Crippen LogP contribution in [0.4, 0.5) is 0 Å². The number of hydrogen-bond donors (Lipinski definition) is 0. The number of aliphatic imine (C=N–C) groups is 1. The molecule has 0 radical (unpaired) electrons. The molecule has 5 heteroatoms. The van der Waals surface area contributed by atoms with Crippen molar-refractivity contribution >= 4 is 22.8 Å². The minimum Gasteiger partial charge on any atom is -0.378 e. The van der Waals surface area contributed by atoms with Gasteiger partial charge in [0.05, 0.1) is 18.5 Å². The van der Waals surface area contributed by atoms with Gasteiger partial charge in [0.15, 0.2) is 5.17 Å². The van der Waals surface area contributed by atoms with Crippen LogP contribution in [0, 0.1) is 6.92 Å². The number of rotatable bonds is 2. The lowest BCUT2D eigenvalue weighted by Crippen LogP contribution is -2.39. The van der Waals surface area contributed by atoms with Crippen LogP contribution in [-0.4, -0.2) is 47.5 Å². The van der Waals surface area contributed by atoms with E-state index >= 15 is 0 Å². The van der Waals surface area contributed by atoms with Gasteiger partial charge in [0, 0.05) is 13.1 Å². The highest BCUT2D eigenvalue weighted by Crippen LogP contribution is 2.28. The Labute approximate surface area is 123 Å². The van der Waals surface area contributed by atoms with Gasteiger partial charge in [0.2, 0.25) is 0 Å². The van der Waals surface area contributed by atoms with Gasteiger partial charge in [-0.1, -0.05) is 41.6 Å². The van der Waals surface area contributed by atoms with Gasteiger partial charge in [0.1, 0.15) is 0 Å². The van der Waals surface area contributed by atoms with Crippen molar-refractivity contribution in [3.05, 3.63) is 35.4 Å². The maximum Gasteiger partial charge on any atom is 0.262 e. The average Bonchev–Trinajstić information content (AvgIpc) is 2.84. The smallest absolute Gasteiger partial charge is 0.262 e. The molecule has 0 N–H and O–H groups in total. The normalized spacial score (nSPS) is 23.1. The second-order valence-electron chi connectivity index (χ2n) is 5.13. The Kier molecular flexibility index (Phi) is 4.08. The molecule has 4 nitrogen and oxygen atoms in total. The monoisotopic (exact) mass is 290 g/mol. The molecule has 2 aliphatic rings. The van der Waals surface area contributed by atoms with Crippen molar-refractivity contribution < 1.29 is 9.53 Å². The molecule has 0 aromatic heterocycles. The molecule has 0 saturated carbocycles. The highest BCUT2D eigenvalue weighted by Gasteiger charge is 2.31. The Hall–Kier alpha value is -1.33. The van der Waals surface area contributed by atoms with E-state index in [4.69, 9.17) is 4.74 Å². The molecule has 3 rings (SSSR count). The number of amides is 1. The summed E-state index contributed by atoms with van der Waals surface area (Å²) in [5.41, 5.74) is 2.43. The first-order valence-electron chi connectivity index (χ1n) is 6.90.